The number of hydrogen-bond acceptors (Lipinski definition) is 2. The molecule has 3 nitrogen and oxygen atoms in total. The minimum absolute atomic E-state index is 0.0321. The number of rotatable bonds is 1. The average Bonchev–Trinajstić information content (AvgIpc) is 2.90. The zero-order valence-corrected chi connectivity index (χ0v) is 12.7. The van der Waals surface area contributed by atoms with Crippen molar-refractivity contribution in [1.29, 1.82) is 0 Å². The van der Waals surface area contributed by atoms with Gasteiger partial charge in [0, 0.05) is 5.56 Å². The van der Waals surface area contributed by atoms with Crippen LogP contribution in [0.3, 0.4) is 0 Å². The van der Waals surface area contributed by atoms with Gasteiger partial charge in [0.2, 0.25) is 5.91 Å². The van der Waals surface area contributed by atoms with E-state index in [9.17, 15) is 4.79 Å². The Morgan fingerprint density at radius 1 is 1.25 bits per heavy atom. The maximum absolute atomic E-state index is 13.0. The van der Waals surface area contributed by atoms with Gasteiger partial charge >= 0.3 is 0 Å². The highest BCUT2D eigenvalue weighted by Gasteiger charge is 2.58. The first-order chi connectivity index (χ1) is 9.34. The number of benzene rings is 1. The molecule has 0 aromatic heterocycles. The van der Waals surface area contributed by atoms with Crippen molar-refractivity contribution in [2.24, 2.45) is 10.8 Å². The third-order valence-electron chi connectivity index (χ3n) is 5.18. The highest BCUT2D eigenvalue weighted by atomic mass is 16.5. The summed E-state index contributed by atoms with van der Waals surface area (Å²) in [6.07, 6.45) is 0.677. The van der Waals surface area contributed by atoms with Crippen molar-refractivity contribution >= 4 is 5.91 Å². The van der Waals surface area contributed by atoms with E-state index in [1.54, 1.807) is 0 Å². The number of ether oxygens (including phenoxy) is 1. The van der Waals surface area contributed by atoms with Crippen LogP contribution in [0.15, 0.2) is 30.3 Å². The summed E-state index contributed by atoms with van der Waals surface area (Å²) >= 11 is 0. The van der Waals surface area contributed by atoms with E-state index in [0.29, 0.717) is 6.61 Å². The number of carbonyl (C=O) groups is 1. The molecule has 2 aliphatic rings. The van der Waals surface area contributed by atoms with Crippen LogP contribution in [0.2, 0.25) is 0 Å². The number of fused-ring (bicyclic) bond motifs is 1. The van der Waals surface area contributed by atoms with E-state index in [1.165, 1.54) is 0 Å². The van der Waals surface area contributed by atoms with Crippen LogP contribution >= 0.6 is 0 Å². The highest BCUT2D eigenvalue weighted by molar-refractivity contribution is 5.86. The minimum Gasteiger partial charge on any atom is -0.352 e. The maximum Gasteiger partial charge on any atom is 0.231 e. The number of nitrogens with zero attached hydrogens (tertiary/aromatic N) is 1. The van der Waals surface area contributed by atoms with Crippen LogP contribution in [0.1, 0.15) is 45.9 Å². The molecule has 2 saturated heterocycles. The van der Waals surface area contributed by atoms with Gasteiger partial charge in [0.15, 0.2) is 6.23 Å². The van der Waals surface area contributed by atoms with E-state index >= 15 is 0 Å². The second kappa shape index (κ2) is 4.32. The lowest BCUT2D eigenvalue weighted by Gasteiger charge is -2.37. The van der Waals surface area contributed by atoms with E-state index in [0.717, 1.165) is 12.0 Å². The van der Waals surface area contributed by atoms with Crippen LogP contribution in [0.25, 0.3) is 0 Å². The van der Waals surface area contributed by atoms with Crippen molar-refractivity contribution in [3.63, 3.8) is 0 Å². The molecule has 2 heterocycles. The van der Waals surface area contributed by atoms with Gasteiger partial charge in [-0.05, 0) is 11.8 Å². The predicted molar refractivity (Wildman–Crippen MR) is 77.9 cm³/mol. The largest absolute Gasteiger partial charge is 0.352 e. The van der Waals surface area contributed by atoms with E-state index in [4.69, 9.17) is 4.74 Å². The zero-order chi connectivity index (χ0) is 14.5. The standard InChI is InChI=1S/C17H23NO2/c1-16(2,3)17(4)10-13-11-20-14(18(13)15(17)19)12-8-6-5-7-9-12/h5-9,13-14H,10-11H2,1-4H3/t13?,14-,17?/m1/s1. The third kappa shape index (κ3) is 1.80. The van der Waals surface area contributed by atoms with Gasteiger partial charge in [0.1, 0.15) is 0 Å². The molecule has 1 aromatic rings. The van der Waals surface area contributed by atoms with Gasteiger partial charge in [-0.25, -0.2) is 0 Å². The lowest BCUT2D eigenvalue weighted by atomic mass is 9.66. The van der Waals surface area contributed by atoms with E-state index in [1.807, 2.05) is 35.2 Å². The molecule has 3 rings (SSSR count). The van der Waals surface area contributed by atoms with E-state index in [-0.39, 0.29) is 29.0 Å². The van der Waals surface area contributed by atoms with Crippen LogP contribution in [0.5, 0.6) is 0 Å². The molecule has 0 spiro atoms. The van der Waals surface area contributed by atoms with Crippen LogP contribution in [0, 0.1) is 10.8 Å². The van der Waals surface area contributed by atoms with Crippen LogP contribution in [-0.2, 0) is 9.53 Å². The maximum atomic E-state index is 13.0. The van der Waals surface area contributed by atoms with Crippen molar-refractivity contribution in [3.05, 3.63) is 35.9 Å². The molecule has 0 N–H and O–H groups in total. The molecule has 0 saturated carbocycles. The Morgan fingerprint density at radius 3 is 2.50 bits per heavy atom. The predicted octanol–water partition coefficient (Wildman–Crippen LogP) is 3.37. The van der Waals surface area contributed by atoms with Crippen LogP contribution in [0.4, 0.5) is 0 Å². The molecule has 2 aliphatic heterocycles. The Bertz CT molecular complexity index is 520. The van der Waals surface area contributed by atoms with E-state index in [2.05, 4.69) is 27.7 Å². The fraction of sp³-hybridized carbons (Fsp3) is 0.588. The molecule has 0 bridgehead atoms. The Morgan fingerprint density at radius 2 is 1.90 bits per heavy atom. The van der Waals surface area contributed by atoms with Gasteiger partial charge in [-0.2, -0.15) is 0 Å². The fourth-order valence-electron chi connectivity index (χ4n) is 3.33. The van der Waals surface area contributed by atoms with E-state index < -0.39 is 0 Å². The smallest absolute Gasteiger partial charge is 0.231 e. The molecule has 108 valence electrons. The first kappa shape index (κ1) is 13.6. The van der Waals surface area contributed by atoms with Crippen molar-refractivity contribution in [3.8, 4) is 0 Å². The fourth-order valence-corrected chi connectivity index (χ4v) is 3.33. The van der Waals surface area contributed by atoms with Gasteiger partial charge in [-0.1, -0.05) is 58.0 Å². The number of hydrogen-bond donors (Lipinski definition) is 0. The molecule has 0 radical (unpaired) electrons. The van der Waals surface area contributed by atoms with Crippen molar-refractivity contribution in [2.45, 2.75) is 46.4 Å². The molecular formula is C17H23NO2. The van der Waals surface area contributed by atoms with Crippen molar-refractivity contribution < 1.29 is 9.53 Å². The minimum atomic E-state index is -0.297. The van der Waals surface area contributed by atoms with Gasteiger partial charge in [0.05, 0.1) is 18.1 Å². The van der Waals surface area contributed by atoms with Crippen LogP contribution < -0.4 is 0 Å². The zero-order valence-electron chi connectivity index (χ0n) is 12.7. The third-order valence-corrected chi connectivity index (χ3v) is 5.18. The summed E-state index contributed by atoms with van der Waals surface area (Å²) in [6, 6.07) is 10.3. The normalized spacial score (nSPS) is 33.6. The Labute approximate surface area is 120 Å². The lowest BCUT2D eigenvalue weighted by Crippen LogP contribution is -2.42. The lowest BCUT2D eigenvalue weighted by molar-refractivity contribution is -0.146. The molecule has 1 amide bonds. The first-order valence-corrected chi connectivity index (χ1v) is 7.34. The Kier molecular flexibility index (Phi) is 2.94. The number of amides is 1. The molecule has 2 fully saturated rings. The summed E-state index contributed by atoms with van der Waals surface area (Å²) in [6.45, 7) is 9.23. The molecule has 3 atom stereocenters. The number of carbonyl (C=O) groups excluding carboxylic acids is 1. The summed E-state index contributed by atoms with van der Waals surface area (Å²) in [5.74, 6) is 0.237. The van der Waals surface area contributed by atoms with Gasteiger partial charge in [-0.3, -0.25) is 4.79 Å². The quantitative estimate of drug-likeness (QED) is 0.785. The van der Waals surface area contributed by atoms with Crippen molar-refractivity contribution in [2.75, 3.05) is 6.61 Å². The molecule has 0 aliphatic carbocycles. The summed E-state index contributed by atoms with van der Waals surface area (Å²) in [7, 11) is 0. The molecular weight excluding hydrogens is 250 g/mol. The Hall–Kier alpha value is -1.35. The summed E-state index contributed by atoms with van der Waals surface area (Å²) in [4.78, 5) is 15.0. The van der Waals surface area contributed by atoms with Crippen molar-refractivity contribution in [1.82, 2.24) is 4.90 Å². The Balaban J connectivity index is 1.94. The second-order valence-electron chi connectivity index (χ2n) is 7.25. The molecule has 3 heteroatoms. The SMILES string of the molecule is CC(C)(C)C1(C)CC2CO[C@H](c3ccccc3)N2C1=O. The second-order valence-corrected chi connectivity index (χ2v) is 7.25. The molecule has 1 aromatic carbocycles. The van der Waals surface area contributed by atoms with Gasteiger partial charge < -0.3 is 9.64 Å². The monoisotopic (exact) mass is 273 g/mol. The average molecular weight is 273 g/mol. The summed E-state index contributed by atoms with van der Waals surface area (Å²) < 4.78 is 5.89. The summed E-state index contributed by atoms with van der Waals surface area (Å²) in [5, 5.41) is 0. The highest BCUT2D eigenvalue weighted by Crippen LogP contribution is 2.53. The van der Waals surface area contributed by atoms with Gasteiger partial charge in [-0.15, -0.1) is 0 Å². The van der Waals surface area contributed by atoms with Crippen LogP contribution in [-0.4, -0.2) is 23.5 Å². The van der Waals surface area contributed by atoms with Gasteiger partial charge in [0.25, 0.3) is 0 Å². The molecule has 2 unspecified atom stereocenters. The molecule has 20 heavy (non-hydrogen) atoms. The topological polar surface area (TPSA) is 29.5 Å². The summed E-state index contributed by atoms with van der Waals surface area (Å²) in [5.41, 5.74) is 0.742. The first-order valence-electron chi connectivity index (χ1n) is 7.34.